The average Bonchev–Trinajstić information content (AvgIpc) is 2.32. The summed E-state index contributed by atoms with van der Waals surface area (Å²) in [5.41, 5.74) is -0.807. The lowest BCUT2D eigenvalue weighted by molar-refractivity contribution is -0.155. The number of benzene rings is 1. The maximum absolute atomic E-state index is 11.5. The molecule has 1 unspecified atom stereocenters. The number of carbonyl (C=O) groups excluding carboxylic acids is 1. The molecular weight excluding hydrogens is 242 g/mol. The zero-order valence-electron chi connectivity index (χ0n) is 9.68. The molecule has 1 rings (SSSR count). The first-order valence-electron chi connectivity index (χ1n) is 5.16. The van der Waals surface area contributed by atoms with Crippen molar-refractivity contribution in [2.45, 2.75) is 18.9 Å². The van der Waals surface area contributed by atoms with E-state index < -0.39 is 11.5 Å². The first-order chi connectivity index (χ1) is 7.98. The minimum atomic E-state index is -1.34. The monoisotopic (exact) mass is 255 g/mol. The molecule has 0 aliphatic carbocycles. The van der Waals surface area contributed by atoms with E-state index in [0.29, 0.717) is 17.0 Å². The number of hydrogen-bond acceptors (Lipinski definition) is 2. The summed E-state index contributed by atoms with van der Waals surface area (Å²) in [5.74, 6) is -1.06. The zero-order valence-corrected chi connectivity index (χ0v) is 10.4. The summed E-state index contributed by atoms with van der Waals surface area (Å²) in [6.45, 7) is 1.72. The molecule has 0 saturated heterocycles. The Labute approximate surface area is 105 Å². The lowest BCUT2D eigenvalue weighted by atomic mass is 9.86. The van der Waals surface area contributed by atoms with E-state index in [1.54, 1.807) is 31.2 Å². The van der Waals surface area contributed by atoms with E-state index >= 15 is 0 Å². The minimum Gasteiger partial charge on any atom is -0.479 e. The highest BCUT2D eigenvalue weighted by atomic mass is 35.5. The van der Waals surface area contributed by atoms with E-state index in [0.717, 1.165) is 0 Å². The van der Waals surface area contributed by atoms with Gasteiger partial charge in [0.05, 0.1) is 0 Å². The summed E-state index contributed by atoms with van der Waals surface area (Å²) in [7, 11) is 1.46. The van der Waals surface area contributed by atoms with Gasteiger partial charge in [-0.2, -0.15) is 0 Å². The number of amides is 1. The van der Waals surface area contributed by atoms with Crippen molar-refractivity contribution in [3.63, 3.8) is 0 Å². The maximum Gasteiger partial charge on any atom is 0.334 e. The summed E-state index contributed by atoms with van der Waals surface area (Å²) in [5, 5.41) is 9.94. The molecule has 1 aromatic carbocycles. The minimum absolute atomic E-state index is 0.277. The van der Waals surface area contributed by atoms with Crippen LogP contribution in [0.5, 0.6) is 0 Å². The SMILES string of the molecule is CCC(C(=O)O)(c1ccc(Cl)cc1)N(C)C=O. The second kappa shape index (κ2) is 5.19. The summed E-state index contributed by atoms with van der Waals surface area (Å²) >= 11 is 5.77. The highest BCUT2D eigenvalue weighted by Crippen LogP contribution is 2.31. The smallest absolute Gasteiger partial charge is 0.334 e. The number of halogens is 1. The molecule has 17 heavy (non-hydrogen) atoms. The van der Waals surface area contributed by atoms with Crippen LogP contribution in [0.4, 0.5) is 0 Å². The molecule has 0 fully saturated rings. The average molecular weight is 256 g/mol. The molecule has 0 spiro atoms. The van der Waals surface area contributed by atoms with Crippen LogP contribution >= 0.6 is 11.6 Å². The Hall–Kier alpha value is -1.55. The van der Waals surface area contributed by atoms with Crippen LogP contribution in [-0.2, 0) is 15.1 Å². The van der Waals surface area contributed by atoms with E-state index in [4.69, 9.17) is 11.6 Å². The van der Waals surface area contributed by atoms with Gasteiger partial charge in [-0.1, -0.05) is 30.7 Å². The van der Waals surface area contributed by atoms with Gasteiger partial charge >= 0.3 is 5.97 Å². The van der Waals surface area contributed by atoms with Gasteiger partial charge in [0.2, 0.25) is 6.41 Å². The van der Waals surface area contributed by atoms with Crippen molar-refractivity contribution >= 4 is 24.0 Å². The van der Waals surface area contributed by atoms with Gasteiger partial charge in [-0.3, -0.25) is 4.79 Å². The van der Waals surface area contributed by atoms with Crippen LogP contribution < -0.4 is 0 Å². The van der Waals surface area contributed by atoms with Gasteiger partial charge in [0.25, 0.3) is 0 Å². The van der Waals surface area contributed by atoms with Gasteiger partial charge in [-0.05, 0) is 24.1 Å². The summed E-state index contributed by atoms with van der Waals surface area (Å²) in [6, 6.07) is 6.48. The second-order valence-electron chi connectivity index (χ2n) is 3.74. The van der Waals surface area contributed by atoms with Crippen LogP contribution in [0.2, 0.25) is 5.02 Å². The number of aliphatic carboxylic acids is 1. The number of nitrogens with zero attached hydrogens (tertiary/aromatic N) is 1. The number of carbonyl (C=O) groups is 2. The first-order valence-corrected chi connectivity index (χ1v) is 5.54. The normalized spacial score (nSPS) is 13.8. The van der Waals surface area contributed by atoms with Crippen molar-refractivity contribution in [1.82, 2.24) is 4.90 Å². The third kappa shape index (κ3) is 2.26. The fourth-order valence-electron chi connectivity index (χ4n) is 1.90. The predicted octanol–water partition coefficient (Wildman–Crippen LogP) is 2.12. The summed E-state index contributed by atoms with van der Waals surface area (Å²) < 4.78 is 0. The van der Waals surface area contributed by atoms with Crippen LogP contribution in [0.3, 0.4) is 0 Å². The molecule has 0 radical (unpaired) electrons. The molecule has 0 heterocycles. The van der Waals surface area contributed by atoms with Crippen molar-refractivity contribution in [3.8, 4) is 0 Å². The summed E-state index contributed by atoms with van der Waals surface area (Å²) in [4.78, 5) is 23.6. The molecule has 0 aliphatic heterocycles. The molecule has 1 aromatic rings. The topological polar surface area (TPSA) is 57.6 Å². The molecule has 1 amide bonds. The molecule has 0 saturated carbocycles. The van der Waals surface area contributed by atoms with Crippen LogP contribution in [0.1, 0.15) is 18.9 Å². The Bertz CT molecular complexity index is 418. The van der Waals surface area contributed by atoms with Gasteiger partial charge in [-0.15, -0.1) is 0 Å². The molecular formula is C12H14ClNO3. The lowest BCUT2D eigenvalue weighted by Gasteiger charge is -2.35. The lowest BCUT2D eigenvalue weighted by Crippen LogP contribution is -2.49. The zero-order chi connectivity index (χ0) is 13.1. The largest absolute Gasteiger partial charge is 0.479 e. The van der Waals surface area contributed by atoms with Crippen LogP contribution in [0.15, 0.2) is 24.3 Å². The van der Waals surface area contributed by atoms with Gasteiger partial charge < -0.3 is 10.0 Å². The Kier molecular flexibility index (Phi) is 4.12. The fraction of sp³-hybridized carbons (Fsp3) is 0.333. The third-order valence-electron chi connectivity index (χ3n) is 2.95. The van der Waals surface area contributed by atoms with Crippen molar-refractivity contribution in [1.29, 1.82) is 0 Å². The second-order valence-corrected chi connectivity index (χ2v) is 4.18. The summed E-state index contributed by atoms with van der Waals surface area (Å²) in [6.07, 6.45) is 0.797. The first kappa shape index (κ1) is 13.5. The maximum atomic E-state index is 11.5. The fourth-order valence-corrected chi connectivity index (χ4v) is 2.02. The van der Waals surface area contributed by atoms with Crippen LogP contribution in [0, 0.1) is 0 Å². The molecule has 1 N–H and O–H groups in total. The molecule has 5 heteroatoms. The van der Waals surface area contributed by atoms with Crippen LogP contribution in [-0.4, -0.2) is 29.4 Å². The van der Waals surface area contributed by atoms with Crippen LogP contribution in [0.25, 0.3) is 0 Å². The van der Waals surface area contributed by atoms with Gasteiger partial charge in [0.15, 0.2) is 5.54 Å². The Morgan fingerprint density at radius 2 is 2.00 bits per heavy atom. The number of rotatable bonds is 5. The Balaban J connectivity index is 3.36. The van der Waals surface area contributed by atoms with E-state index in [1.165, 1.54) is 11.9 Å². The highest BCUT2D eigenvalue weighted by molar-refractivity contribution is 6.30. The highest BCUT2D eigenvalue weighted by Gasteiger charge is 2.42. The molecule has 1 atom stereocenters. The predicted molar refractivity (Wildman–Crippen MR) is 64.9 cm³/mol. The standard InChI is InChI=1S/C12H14ClNO3/c1-3-12(11(16)17,14(2)8-15)9-4-6-10(13)7-5-9/h4-8H,3H2,1-2H3,(H,16,17). The number of carboxylic acids is 1. The molecule has 0 aliphatic rings. The van der Waals surface area contributed by atoms with E-state index in [1.807, 2.05) is 0 Å². The van der Waals surface area contributed by atoms with Crippen molar-refractivity contribution in [2.24, 2.45) is 0 Å². The van der Waals surface area contributed by atoms with Gasteiger partial charge in [0.1, 0.15) is 0 Å². The van der Waals surface area contributed by atoms with Crippen molar-refractivity contribution in [2.75, 3.05) is 7.05 Å². The number of likely N-dealkylation sites (N-methyl/N-ethyl adjacent to an activating group) is 1. The molecule has 4 nitrogen and oxygen atoms in total. The third-order valence-corrected chi connectivity index (χ3v) is 3.20. The van der Waals surface area contributed by atoms with E-state index in [9.17, 15) is 14.7 Å². The molecule has 0 bridgehead atoms. The Morgan fingerprint density at radius 1 is 1.47 bits per heavy atom. The van der Waals surface area contributed by atoms with E-state index in [-0.39, 0.29) is 6.42 Å². The van der Waals surface area contributed by atoms with Gasteiger partial charge in [0, 0.05) is 12.1 Å². The Morgan fingerprint density at radius 3 is 2.35 bits per heavy atom. The van der Waals surface area contributed by atoms with Gasteiger partial charge in [-0.25, -0.2) is 4.79 Å². The van der Waals surface area contributed by atoms with Crippen molar-refractivity contribution < 1.29 is 14.7 Å². The number of hydrogen-bond donors (Lipinski definition) is 1. The quantitative estimate of drug-likeness (QED) is 0.820. The molecule has 92 valence electrons. The molecule has 0 aromatic heterocycles. The van der Waals surface area contributed by atoms with Crippen molar-refractivity contribution in [3.05, 3.63) is 34.9 Å². The number of carboxylic acid groups (broad SMARTS) is 1. The van der Waals surface area contributed by atoms with E-state index in [2.05, 4.69) is 0 Å².